The van der Waals surface area contributed by atoms with E-state index in [2.05, 4.69) is 5.32 Å². The van der Waals surface area contributed by atoms with Crippen LogP contribution in [0.5, 0.6) is 5.75 Å². The number of amides is 1. The molecule has 1 amide bonds. The Kier molecular flexibility index (Phi) is 9.45. The highest BCUT2D eigenvalue weighted by molar-refractivity contribution is 6.35. The number of carbonyl (C=O) groups excluding carboxylic acids is 1. The molecule has 2 atom stereocenters. The van der Waals surface area contributed by atoms with E-state index in [1.54, 1.807) is 18.2 Å². The monoisotopic (exact) mass is 552 g/mol. The molecule has 0 fully saturated rings. The summed E-state index contributed by atoms with van der Waals surface area (Å²) in [6.45, 7) is 2.59. The first-order valence-electron chi connectivity index (χ1n) is 12.5. The summed E-state index contributed by atoms with van der Waals surface area (Å²) < 4.78 is 11.8. The highest BCUT2D eigenvalue weighted by Gasteiger charge is 2.49. The third-order valence-electron chi connectivity index (χ3n) is 6.32. The summed E-state index contributed by atoms with van der Waals surface area (Å²) in [4.78, 5) is 18.6. The number of aliphatic imine (C=N–C) groups is 1. The molecule has 198 valence electrons. The molecule has 0 spiro atoms. The van der Waals surface area contributed by atoms with Gasteiger partial charge in [-0.05, 0) is 54.4 Å². The lowest BCUT2D eigenvalue weighted by Gasteiger charge is -2.27. The molecule has 0 bridgehead atoms. The molecule has 3 aromatic rings. The highest BCUT2D eigenvalue weighted by Crippen LogP contribution is 2.33. The van der Waals surface area contributed by atoms with E-state index >= 15 is 0 Å². The molecule has 0 unspecified atom stereocenters. The lowest BCUT2D eigenvalue weighted by molar-refractivity contribution is -0.128. The van der Waals surface area contributed by atoms with Gasteiger partial charge in [0.2, 0.25) is 5.90 Å². The first-order chi connectivity index (χ1) is 18.4. The maximum atomic E-state index is 13.7. The fraction of sp³-hybridized carbons (Fsp3) is 0.267. The van der Waals surface area contributed by atoms with Gasteiger partial charge in [0.15, 0.2) is 5.54 Å². The van der Waals surface area contributed by atoms with Gasteiger partial charge in [-0.2, -0.15) is 0 Å². The van der Waals surface area contributed by atoms with Crippen molar-refractivity contribution in [2.75, 3.05) is 13.2 Å². The zero-order chi connectivity index (χ0) is 27.0. The molecule has 0 aromatic heterocycles. The van der Waals surface area contributed by atoms with E-state index in [1.807, 2.05) is 73.7 Å². The Balaban J connectivity index is 1.58. The molecule has 38 heavy (non-hydrogen) atoms. The van der Waals surface area contributed by atoms with Crippen molar-refractivity contribution in [2.45, 2.75) is 38.0 Å². The van der Waals surface area contributed by atoms with E-state index in [1.165, 1.54) is 0 Å². The van der Waals surface area contributed by atoms with Crippen molar-refractivity contribution in [1.29, 1.82) is 0 Å². The van der Waals surface area contributed by atoms with Crippen LogP contribution in [0.4, 0.5) is 0 Å². The maximum Gasteiger partial charge on any atom is 0.252 e. The number of hydrogen-bond acceptors (Lipinski definition) is 5. The van der Waals surface area contributed by atoms with Crippen LogP contribution in [0.2, 0.25) is 10.0 Å². The number of rotatable bonds is 11. The fourth-order valence-corrected chi connectivity index (χ4v) is 4.59. The molecule has 1 aliphatic heterocycles. The predicted molar refractivity (Wildman–Crippen MR) is 152 cm³/mol. The molecule has 0 saturated carbocycles. The average molecular weight is 553 g/mol. The molecule has 0 radical (unpaired) electrons. The standard InChI is InChI=1S/C30H30Cl2N2O4/c1-21-30(16-5-9-22-7-3-2-4-8-22,29(36)33-20-24-10-13-25(31)19-27(24)32)34-28(38-21)23-11-14-26(15-12-23)37-18-6-17-35/h2-5,7-15,19,21,35H,6,16-18,20H2,1H3,(H,33,36)/b9-5+/t21-,30-/m1/s1. The van der Waals surface area contributed by atoms with E-state index in [0.29, 0.717) is 41.1 Å². The molecule has 2 N–H and O–H groups in total. The zero-order valence-electron chi connectivity index (χ0n) is 21.1. The molecule has 4 rings (SSSR count). The average Bonchev–Trinajstić information content (AvgIpc) is 3.26. The van der Waals surface area contributed by atoms with Gasteiger partial charge in [-0.1, -0.05) is 71.8 Å². The molecule has 8 heteroatoms. The normalized spacial score (nSPS) is 18.7. The minimum Gasteiger partial charge on any atom is -0.494 e. The molecular formula is C30H30Cl2N2O4. The van der Waals surface area contributed by atoms with Crippen LogP contribution in [-0.2, 0) is 16.1 Å². The van der Waals surface area contributed by atoms with Crippen molar-refractivity contribution >= 4 is 41.1 Å². The molecule has 6 nitrogen and oxygen atoms in total. The minimum atomic E-state index is -1.17. The number of hydrogen-bond donors (Lipinski definition) is 2. The van der Waals surface area contributed by atoms with Crippen LogP contribution >= 0.6 is 23.2 Å². The second-order valence-corrected chi connectivity index (χ2v) is 9.83. The number of halogens is 2. The van der Waals surface area contributed by atoms with Crippen LogP contribution in [0.1, 0.15) is 36.5 Å². The Labute approximate surface area is 232 Å². The number of nitrogens with one attached hydrogen (secondary N) is 1. The minimum absolute atomic E-state index is 0.0771. The summed E-state index contributed by atoms with van der Waals surface area (Å²) >= 11 is 12.3. The number of nitrogens with zero attached hydrogens (tertiary/aromatic N) is 1. The molecule has 0 aliphatic carbocycles. The van der Waals surface area contributed by atoms with Gasteiger partial charge < -0.3 is 19.9 Å². The van der Waals surface area contributed by atoms with Gasteiger partial charge >= 0.3 is 0 Å². The smallest absolute Gasteiger partial charge is 0.252 e. The Morgan fingerprint density at radius 3 is 2.61 bits per heavy atom. The van der Waals surface area contributed by atoms with E-state index in [0.717, 1.165) is 16.7 Å². The van der Waals surface area contributed by atoms with Crippen LogP contribution in [0.25, 0.3) is 6.08 Å². The van der Waals surface area contributed by atoms with Gasteiger partial charge in [0.05, 0.1) is 6.61 Å². The summed E-state index contributed by atoms with van der Waals surface area (Å²) in [7, 11) is 0. The van der Waals surface area contributed by atoms with Crippen LogP contribution in [-0.4, -0.2) is 41.8 Å². The summed E-state index contributed by atoms with van der Waals surface area (Å²) in [6.07, 6.45) is 4.32. The molecular weight excluding hydrogens is 523 g/mol. The third-order valence-corrected chi connectivity index (χ3v) is 6.91. The number of carbonyl (C=O) groups is 1. The van der Waals surface area contributed by atoms with E-state index in [-0.39, 0.29) is 19.1 Å². The zero-order valence-corrected chi connectivity index (χ0v) is 22.6. The SMILES string of the molecule is C[C@H]1OC(c2ccc(OCCCO)cc2)=N[C@@]1(C/C=C/c1ccccc1)C(=O)NCc1ccc(Cl)cc1Cl. The van der Waals surface area contributed by atoms with Gasteiger partial charge in [0.1, 0.15) is 11.9 Å². The summed E-state index contributed by atoms with van der Waals surface area (Å²) in [5.74, 6) is 0.823. The molecule has 1 aliphatic rings. The predicted octanol–water partition coefficient (Wildman–Crippen LogP) is 6.08. The topological polar surface area (TPSA) is 80.2 Å². The van der Waals surface area contributed by atoms with E-state index < -0.39 is 11.6 Å². The van der Waals surface area contributed by atoms with Crippen LogP contribution in [0.3, 0.4) is 0 Å². The van der Waals surface area contributed by atoms with Gasteiger partial charge in [-0.15, -0.1) is 0 Å². The van der Waals surface area contributed by atoms with Crippen molar-refractivity contribution in [1.82, 2.24) is 5.32 Å². The summed E-state index contributed by atoms with van der Waals surface area (Å²) in [5, 5.41) is 13.0. The Hall–Kier alpha value is -3.32. The second-order valence-electron chi connectivity index (χ2n) is 8.99. The van der Waals surface area contributed by atoms with Crippen molar-refractivity contribution in [3.8, 4) is 5.75 Å². The van der Waals surface area contributed by atoms with Crippen LogP contribution < -0.4 is 10.1 Å². The number of aliphatic hydroxyl groups is 1. The van der Waals surface area contributed by atoms with E-state index in [4.69, 9.17) is 42.8 Å². The molecule has 0 saturated heterocycles. The van der Waals surface area contributed by atoms with E-state index in [9.17, 15) is 4.79 Å². The van der Waals surface area contributed by atoms with Crippen molar-refractivity contribution in [3.05, 3.63) is 106 Å². The van der Waals surface area contributed by atoms with Gasteiger partial charge in [-0.3, -0.25) is 4.79 Å². The van der Waals surface area contributed by atoms with Crippen molar-refractivity contribution < 1.29 is 19.4 Å². The first-order valence-corrected chi connectivity index (χ1v) is 13.2. The highest BCUT2D eigenvalue weighted by atomic mass is 35.5. The fourth-order valence-electron chi connectivity index (χ4n) is 4.12. The Morgan fingerprint density at radius 2 is 1.89 bits per heavy atom. The number of ether oxygens (including phenoxy) is 2. The van der Waals surface area contributed by atoms with Crippen molar-refractivity contribution in [2.24, 2.45) is 4.99 Å². The number of benzene rings is 3. The lowest BCUT2D eigenvalue weighted by Crippen LogP contribution is -2.50. The van der Waals surface area contributed by atoms with Gasteiger partial charge in [0, 0.05) is 41.6 Å². The largest absolute Gasteiger partial charge is 0.494 e. The van der Waals surface area contributed by atoms with Crippen LogP contribution in [0.15, 0.2) is 83.9 Å². The van der Waals surface area contributed by atoms with Crippen LogP contribution in [0, 0.1) is 0 Å². The van der Waals surface area contributed by atoms with Gasteiger partial charge in [0.25, 0.3) is 5.91 Å². The molecule has 3 aromatic carbocycles. The molecule has 1 heterocycles. The first kappa shape index (κ1) is 27.7. The lowest BCUT2D eigenvalue weighted by atomic mass is 9.88. The Bertz CT molecular complexity index is 1300. The number of aliphatic hydroxyl groups excluding tert-OH is 1. The Morgan fingerprint density at radius 1 is 1.13 bits per heavy atom. The quantitative estimate of drug-likeness (QED) is 0.282. The maximum absolute atomic E-state index is 13.7. The summed E-state index contributed by atoms with van der Waals surface area (Å²) in [6, 6.07) is 22.4. The summed E-state index contributed by atoms with van der Waals surface area (Å²) in [5.41, 5.74) is 1.36. The second kappa shape index (κ2) is 13.0. The van der Waals surface area contributed by atoms with Crippen molar-refractivity contribution in [3.63, 3.8) is 0 Å². The van der Waals surface area contributed by atoms with Gasteiger partial charge in [-0.25, -0.2) is 4.99 Å². The third kappa shape index (κ3) is 6.76.